The quantitative estimate of drug-likeness (QED) is 0.453. The fraction of sp³-hybridized carbons (Fsp3) is 0.294. The molecule has 0 aromatic heterocycles. The number of carbonyl (C=O) groups excluding carboxylic acids is 2. The van der Waals surface area contributed by atoms with Crippen molar-refractivity contribution in [1.82, 2.24) is 0 Å². The third-order valence-electron chi connectivity index (χ3n) is 2.96. The van der Waals surface area contributed by atoms with Crippen molar-refractivity contribution in [3.63, 3.8) is 0 Å². The van der Waals surface area contributed by atoms with Gasteiger partial charge < -0.3 is 9.84 Å². The Morgan fingerprint density at radius 1 is 1.00 bits per heavy atom. The molecule has 1 rings (SSSR count). The second-order valence-electron chi connectivity index (χ2n) is 4.70. The van der Waals surface area contributed by atoms with E-state index >= 15 is 0 Å². The van der Waals surface area contributed by atoms with Crippen LogP contribution in [-0.2, 0) is 20.7 Å². The fourth-order valence-electron chi connectivity index (χ4n) is 1.67. The van der Waals surface area contributed by atoms with Crippen LogP contribution in [0.1, 0.15) is 24.8 Å². The van der Waals surface area contributed by atoms with Crippen molar-refractivity contribution in [2.24, 2.45) is 0 Å². The van der Waals surface area contributed by atoms with Crippen LogP contribution in [0, 0.1) is 0 Å². The van der Waals surface area contributed by atoms with Crippen LogP contribution in [-0.4, -0.2) is 23.7 Å². The fourth-order valence-corrected chi connectivity index (χ4v) is 1.67. The topological polar surface area (TPSA) is 63.6 Å². The largest absolute Gasteiger partial charge is 0.396 e. The molecule has 4 nitrogen and oxygen atoms in total. The van der Waals surface area contributed by atoms with Gasteiger partial charge in [0.15, 0.2) is 0 Å². The van der Waals surface area contributed by atoms with Gasteiger partial charge in [0.2, 0.25) is 0 Å². The van der Waals surface area contributed by atoms with Gasteiger partial charge in [0, 0.05) is 17.8 Å². The van der Waals surface area contributed by atoms with Gasteiger partial charge in [0.05, 0.1) is 0 Å². The zero-order chi connectivity index (χ0) is 15.7. The Labute approximate surface area is 124 Å². The van der Waals surface area contributed by atoms with E-state index in [1.54, 1.807) is 0 Å². The molecule has 0 unspecified atom stereocenters. The van der Waals surface area contributed by atoms with Crippen molar-refractivity contribution >= 4 is 11.9 Å². The second-order valence-corrected chi connectivity index (χ2v) is 4.70. The minimum atomic E-state index is -0.755. The number of hydrogen-bond donors (Lipinski definition) is 1. The zero-order valence-electron chi connectivity index (χ0n) is 12.0. The molecular formula is C17H20O4. The number of aliphatic hydroxyl groups is 1. The summed E-state index contributed by atoms with van der Waals surface area (Å²) in [4.78, 5) is 23.3. The summed E-state index contributed by atoms with van der Waals surface area (Å²) in [5, 5.41) is 8.67. The number of rotatable bonds is 8. The molecule has 112 valence electrons. The number of esters is 2. The van der Waals surface area contributed by atoms with Crippen molar-refractivity contribution in [3.05, 3.63) is 60.2 Å². The molecular weight excluding hydrogens is 268 g/mol. The number of hydrogen-bond acceptors (Lipinski definition) is 4. The van der Waals surface area contributed by atoms with Crippen molar-refractivity contribution in [3.8, 4) is 0 Å². The molecule has 0 atom stereocenters. The Bertz CT molecular complexity index is 517. The predicted octanol–water partition coefficient (Wildman–Crippen LogP) is 2.57. The SMILES string of the molecule is C=C(CCCO)C(=O)OC(=O)C(=C)CCc1ccccc1. The Kier molecular flexibility index (Phi) is 7.12. The molecule has 0 aliphatic heterocycles. The van der Waals surface area contributed by atoms with Gasteiger partial charge in [-0.25, -0.2) is 9.59 Å². The van der Waals surface area contributed by atoms with Crippen molar-refractivity contribution in [2.75, 3.05) is 6.61 Å². The van der Waals surface area contributed by atoms with Crippen LogP contribution in [0.4, 0.5) is 0 Å². The highest BCUT2D eigenvalue weighted by molar-refractivity contribution is 6.01. The molecule has 1 aromatic rings. The van der Waals surface area contributed by atoms with Gasteiger partial charge in [-0.05, 0) is 31.2 Å². The molecule has 0 radical (unpaired) electrons. The van der Waals surface area contributed by atoms with E-state index in [0.29, 0.717) is 25.7 Å². The van der Waals surface area contributed by atoms with E-state index in [-0.39, 0.29) is 17.8 Å². The van der Waals surface area contributed by atoms with E-state index in [4.69, 9.17) is 9.84 Å². The van der Waals surface area contributed by atoms with Crippen LogP contribution >= 0.6 is 0 Å². The summed E-state index contributed by atoms with van der Waals surface area (Å²) in [5.41, 5.74) is 1.51. The molecule has 1 aromatic carbocycles. The Hall–Kier alpha value is -2.20. The monoisotopic (exact) mass is 288 g/mol. The summed E-state index contributed by atoms with van der Waals surface area (Å²) < 4.78 is 4.70. The average Bonchev–Trinajstić information content (AvgIpc) is 2.50. The Balaban J connectivity index is 2.39. The second kappa shape index (κ2) is 8.87. The van der Waals surface area contributed by atoms with E-state index in [2.05, 4.69) is 13.2 Å². The molecule has 0 aliphatic rings. The van der Waals surface area contributed by atoms with Crippen molar-refractivity contribution in [2.45, 2.75) is 25.7 Å². The van der Waals surface area contributed by atoms with Crippen molar-refractivity contribution < 1.29 is 19.4 Å². The van der Waals surface area contributed by atoms with Gasteiger partial charge in [0.1, 0.15) is 0 Å². The van der Waals surface area contributed by atoms with Crippen LogP contribution in [0.2, 0.25) is 0 Å². The number of aliphatic hydroxyl groups excluding tert-OH is 1. The maximum absolute atomic E-state index is 11.7. The van der Waals surface area contributed by atoms with Gasteiger partial charge >= 0.3 is 11.9 Å². The molecule has 21 heavy (non-hydrogen) atoms. The minimum Gasteiger partial charge on any atom is -0.396 e. The molecule has 0 spiro atoms. The van der Waals surface area contributed by atoms with Crippen LogP contribution in [0.25, 0.3) is 0 Å². The standard InChI is InChI=1S/C17H20O4/c1-13(7-6-12-18)16(19)21-17(20)14(2)10-11-15-8-4-3-5-9-15/h3-5,8-9,18H,1-2,6-7,10-12H2. The van der Waals surface area contributed by atoms with E-state index < -0.39 is 11.9 Å². The first-order chi connectivity index (χ1) is 10.0. The molecule has 0 heterocycles. The maximum Gasteiger partial charge on any atom is 0.341 e. The lowest BCUT2D eigenvalue weighted by Gasteiger charge is -2.07. The summed E-state index contributed by atoms with van der Waals surface area (Å²) in [5.74, 6) is -1.48. The number of ether oxygens (including phenoxy) is 1. The first-order valence-corrected chi connectivity index (χ1v) is 6.81. The van der Waals surface area contributed by atoms with Gasteiger partial charge in [-0.3, -0.25) is 0 Å². The van der Waals surface area contributed by atoms with Gasteiger partial charge in [-0.1, -0.05) is 43.5 Å². The summed E-state index contributed by atoms with van der Waals surface area (Å²) in [6.07, 6.45) is 1.81. The highest BCUT2D eigenvalue weighted by Crippen LogP contribution is 2.11. The lowest BCUT2D eigenvalue weighted by Crippen LogP contribution is -2.16. The molecule has 1 N–H and O–H groups in total. The molecule has 0 bridgehead atoms. The van der Waals surface area contributed by atoms with Crippen LogP contribution in [0.15, 0.2) is 54.6 Å². The smallest absolute Gasteiger partial charge is 0.341 e. The summed E-state index contributed by atoms with van der Waals surface area (Å²) in [6, 6.07) is 9.68. The predicted molar refractivity (Wildman–Crippen MR) is 80.5 cm³/mol. The number of aryl methyl sites for hydroxylation is 1. The first-order valence-electron chi connectivity index (χ1n) is 6.81. The third kappa shape index (κ3) is 6.19. The van der Waals surface area contributed by atoms with Crippen LogP contribution < -0.4 is 0 Å². The summed E-state index contributed by atoms with van der Waals surface area (Å²) in [7, 11) is 0. The normalized spacial score (nSPS) is 9.95. The highest BCUT2D eigenvalue weighted by Gasteiger charge is 2.16. The number of benzene rings is 1. The van der Waals surface area contributed by atoms with E-state index in [1.165, 1.54) is 0 Å². The maximum atomic E-state index is 11.7. The molecule has 0 amide bonds. The average molecular weight is 288 g/mol. The van der Waals surface area contributed by atoms with Gasteiger partial charge in [-0.2, -0.15) is 0 Å². The van der Waals surface area contributed by atoms with E-state index in [9.17, 15) is 9.59 Å². The zero-order valence-corrected chi connectivity index (χ0v) is 12.0. The van der Waals surface area contributed by atoms with Crippen LogP contribution in [0.5, 0.6) is 0 Å². The highest BCUT2D eigenvalue weighted by atomic mass is 16.6. The van der Waals surface area contributed by atoms with E-state index in [1.807, 2.05) is 30.3 Å². The van der Waals surface area contributed by atoms with E-state index in [0.717, 1.165) is 5.56 Å². The molecule has 0 saturated heterocycles. The van der Waals surface area contributed by atoms with Gasteiger partial charge in [-0.15, -0.1) is 0 Å². The molecule has 0 aliphatic carbocycles. The minimum absolute atomic E-state index is 0.0377. The first kappa shape index (κ1) is 16.9. The molecule has 4 heteroatoms. The molecule has 0 saturated carbocycles. The van der Waals surface area contributed by atoms with Crippen LogP contribution in [0.3, 0.4) is 0 Å². The Morgan fingerprint density at radius 3 is 2.14 bits per heavy atom. The molecule has 0 fully saturated rings. The Morgan fingerprint density at radius 2 is 1.57 bits per heavy atom. The lowest BCUT2D eigenvalue weighted by atomic mass is 10.1. The number of carbonyl (C=O) groups is 2. The van der Waals surface area contributed by atoms with Crippen molar-refractivity contribution in [1.29, 1.82) is 0 Å². The van der Waals surface area contributed by atoms with Gasteiger partial charge in [0.25, 0.3) is 0 Å². The summed E-state index contributed by atoms with van der Waals surface area (Å²) >= 11 is 0. The third-order valence-corrected chi connectivity index (χ3v) is 2.96. The summed E-state index contributed by atoms with van der Waals surface area (Å²) in [6.45, 7) is 7.14. The lowest BCUT2D eigenvalue weighted by molar-refractivity contribution is -0.154.